The van der Waals surface area contributed by atoms with Crippen LogP contribution in [0.4, 0.5) is 11.6 Å². The Kier molecular flexibility index (Phi) is 4.93. The van der Waals surface area contributed by atoms with Crippen molar-refractivity contribution >= 4 is 11.6 Å². The first-order valence-electron chi connectivity index (χ1n) is 7.10. The summed E-state index contributed by atoms with van der Waals surface area (Å²) in [6.07, 6.45) is 3.44. The van der Waals surface area contributed by atoms with Gasteiger partial charge in [0.1, 0.15) is 18.0 Å². The fraction of sp³-hybridized carbons (Fsp3) is 0.375. The SMILES string of the molecule is CCCc1c(N)ncnc1NCC(C)c1ccccc1. The fourth-order valence-corrected chi connectivity index (χ4v) is 2.22. The van der Waals surface area contributed by atoms with Crippen LogP contribution in [-0.2, 0) is 6.42 Å². The molecule has 0 spiro atoms. The van der Waals surface area contributed by atoms with Gasteiger partial charge in [0.25, 0.3) is 0 Å². The topological polar surface area (TPSA) is 63.8 Å². The van der Waals surface area contributed by atoms with Gasteiger partial charge in [0, 0.05) is 12.1 Å². The molecule has 1 unspecified atom stereocenters. The molecule has 0 saturated heterocycles. The lowest BCUT2D eigenvalue weighted by Crippen LogP contribution is -2.14. The van der Waals surface area contributed by atoms with Crippen molar-refractivity contribution in [2.45, 2.75) is 32.6 Å². The van der Waals surface area contributed by atoms with Crippen LogP contribution in [0, 0.1) is 0 Å². The molecule has 4 heteroatoms. The summed E-state index contributed by atoms with van der Waals surface area (Å²) in [7, 11) is 0. The average molecular weight is 270 g/mol. The fourth-order valence-electron chi connectivity index (χ4n) is 2.22. The quantitative estimate of drug-likeness (QED) is 0.846. The number of nitrogens with zero attached hydrogens (tertiary/aromatic N) is 2. The molecule has 0 aliphatic carbocycles. The molecule has 0 saturated carbocycles. The molecular formula is C16H22N4. The number of nitrogens with one attached hydrogen (secondary N) is 1. The molecule has 1 aromatic heterocycles. The Morgan fingerprint density at radius 1 is 1.20 bits per heavy atom. The molecule has 0 fully saturated rings. The maximum atomic E-state index is 5.93. The number of hydrogen-bond acceptors (Lipinski definition) is 4. The zero-order valence-electron chi connectivity index (χ0n) is 12.1. The second-order valence-electron chi connectivity index (χ2n) is 5.03. The third-order valence-corrected chi connectivity index (χ3v) is 3.42. The van der Waals surface area contributed by atoms with Crippen molar-refractivity contribution in [1.29, 1.82) is 0 Å². The molecule has 1 aromatic carbocycles. The summed E-state index contributed by atoms with van der Waals surface area (Å²) in [5, 5.41) is 3.41. The van der Waals surface area contributed by atoms with E-state index in [2.05, 4.69) is 53.4 Å². The molecule has 1 atom stereocenters. The Hall–Kier alpha value is -2.10. The first-order chi connectivity index (χ1) is 9.72. The van der Waals surface area contributed by atoms with Gasteiger partial charge in [-0.3, -0.25) is 0 Å². The summed E-state index contributed by atoms with van der Waals surface area (Å²) in [5.74, 6) is 1.86. The Labute approximate surface area is 120 Å². The van der Waals surface area contributed by atoms with Crippen molar-refractivity contribution in [1.82, 2.24) is 9.97 Å². The summed E-state index contributed by atoms with van der Waals surface area (Å²) in [6.45, 7) is 5.16. The minimum Gasteiger partial charge on any atom is -0.383 e. The lowest BCUT2D eigenvalue weighted by atomic mass is 10.0. The van der Waals surface area contributed by atoms with Crippen molar-refractivity contribution in [3.63, 3.8) is 0 Å². The van der Waals surface area contributed by atoms with Crippen molar-refractivity contribution in [3.8, 4) is 0 Å². The standard InChI is InChI=1S/C16H22N4/c1-3-7-14-15(17)19-11-20-16(14)18-10-12(2)13-8-5-4-6-9-13/h4-6,8-9,11-12H,3,7,10H2,1-2H3,(H3,17,18,19,20). The molecule has 0 aliphatic rings. The van der Waals surface area contributed by atoms with Crippen LogP contribution in [0.3, 0.4) is 0 Å². The highest BCUT2D eigenvalue weighted by Crippen LogP contribution is 2.21. The second-order valence-corrected chi connectivity index (χ2v) is 5.03. The van der Waals surface area contributed by atoms with Crippen LogP contribution < -0.4 is 11.1 Å². The lowest BCUT2D eigenvalue weighted by molar-refractivity contribution is 0.796. The highest BCUT2D eigenvalue weighted by Gasteiger charge is 2.10. The van der Waals surface area contributed by atoms with E-state index in [-0.39, 0.29) is 0 Å². The van der Waals surface area contributed by atoms with Crippen molar-refractivity contribution in [2.75, 3.05) is 17.6 Å². The first-order valence-corrected chi connectivity index (χ1v) is 7.10. The predicted octanol–water partition coefficient (Wildman–Crippen LogP) is 3.23. The van der Waals surface area contributed by atoms with E-state index in [1.54, 1.807) is 0 Å². The monoisotopic (exact) mass is 270 g/mol. The van der Waals surface area contributed by atoms with Crippen LogP contribution in [0.1, 0.15) is 37.3 Å². The third-order valence-electron chi connectivity index (χ3n) is 3.42. The number of hydrogen-bond donors (Lipinski definition) is 2. The molecular weight excluding hydrogens is 248 g/mol. The molecule has 2 aromatic rings. The Balaban J connectivity index is 2.06. The molecule has 20 heavy (non-hydrogen) atoms. The van der Waals surface area contributed by atoms with Gasteiger partial charge in [-0.25, -0.2) is 9.97 Å². The van der Waals surface area contributed by atoms with E-state index in [1.807, 2.05) is 6.07 Å². The highest BCUT2D eigenvalue weighted by molar-refractivity contribution is 5.55. The summed E-state index contributed by atoms with van der Waals surface area (Å²) >= 11 is 0. The van der Waals surface area contributed by atoms with Crippen LogP contribution in [0.15, 0.2) is 36.7 Å². The minimum atomic E-state index is 0.418. The van der Waals surface area contributed by atoms with Crippen molar-refractivity contribution in [3.05, 3.63) is 47.8 Å². The number of benzene rings is 1. The van der Waals surface area contributed by atoms with Crippen LogP contribution in [0.2, 0.25) is 0 Å². The molecule has 0 aliphatic heterocycles. The zero-order chi connectivity index (χ0) is 14.4. The molecule has 2 rings (SSSR count). The highest BCUT2D eigenvalue weighted by atomic mass is 15.0. The minimum absolute atomic E-state index is 0.418. The van der Waals surface area contributed by atoms with E-state index in [1.165, 1.54) is 11.9 Å². The number of anilines is 2. The maximum absolute atomic E-state index is 5.93. The molecule has 0 bridgehead atoms. The van der Waals surface area contributed by atoms with Crippen LogP contribution >= 0.6 is 0 Å². The van der Waals surface area contributed by atoms with Gasteiger partial charge in [-0.1, -0.05) is 50.6 Å². The van der Waals surface area contributed by atoms with Gasteiger partial charge in [-0.15, -0.1) is 0 Å². The van der Waals surface area contributed by atoms with Crippen LogP contribution in [-0.4, -0.2) is 16.5 Å². The number of aromatic nitrogens is 2. The number of nitrogen functional groups attached to an aromatic ring is 1. The lowest BCUT2D eigenvalue weighted by Gasteiger charge is -2.16. The van der Waals surface area contributed by atoms with Gasteiger partial charge < -0.3 is 11.1 Å². The summed E-state index contributed by atoms with van der Waals surface area (Å²) in [4.78, 5) is 8.39. The van der Waals surface area contributed by atoms with E-state index < -0.39 is 0 Å². The second kappa shape index (κ2) is 6.89. The Morgan fingerprint density at radius 2 is 1.95 bits per heavy atom. The van der Waals surface area contributed by atoms with Gasteiger partial charge in [0.2, 0.25) is 0 Å². The third kappa shape index (κ3) is 3.47. The predicted molar refractivity (Wildman–Crippen MR) is 83.8 cm³/mol. The van der Waals surface area contributed by atoms with E-state index >= 15 is 0 Å². The molecule has 3 N–H and O–H groups in total. The summed E-state index contributed by atoms with van der Waals surface area (Å²) < 4.78 is 0. The van der Waals surface area contributed by atoms with Gasteiger partial charge >= 0.3 is 0 Å². The van der Waals surface area contributed by atoms with Gasteiger partial charge in [0.05, 0.1) is 0 Å². The summed E-state index contributed by atoms with van der Waals surface area (Å²) in [6, 6.07) is 10.5. The Morgan fingerprint density at radius 3 is 2.65 bits per heavy atom. The maximum Gasteiger partial charge on any atom is 0.134 e. The van der Waals surface area contributed by atoms with E-state index in [9.17, 15) is 0 Å². The van der Waals surface area contributed by atoms with Gasteiger partial charge in [-0.05, 0) is 17.9 Å². The largest absolute Gasteiger partial charge is 0.383 e. The van der Waals surface area contributed by atoms with E-state index in [4.69, 9.17) is 5.73 Å². The van der Waals surface area contributed by atoms with Crippen molar-refractivity contribution < 1.29 is 0 Å². The van der Waals surface area contributed by atoms with Crippen LogP contribution in [0.25, 0.3) is 0 Å². The Bertz CT molecular complexity index is 539. The molecule has 1 heterocycles. The molecule has 0 radical (unpaired) electrons. The molecule has 106 valence electrons. The zero-order valence-corrected chi connectivity index (χ0v) is 12.1. The van der Waals surface area contributed by atoms with Gasteiger partial charge in [0.15, 0.2) is 0 Å². The average Bonchev–Trinajstić information content (AvgIpc) is 2.48. The molecule has 4 nitrogen and oxygen atoms in total. The number of rotatable bonds is 6. The molecule has 0 amide bonds. The van der Waals surface area contributed by atoms with Crippen LogP contribution in [0.5, 0.6) is 0 Å². The smallest absolute Gasteiger partial charge is 0.134 e. The van der Waals surface area contributed by atoms with E-state index in [0.717, 1.165) is 30.8 Å². The van der Waals surface area contributed by atoms with Crippen molar-refractivity contribution in [2.24, 2.45) is 0 Å². The number of nitrogens with two attached hydrogens (primary N) is 1. The van der Waals surface area contributed by atoms with E-state index in [0.29, 0.717) is 11.7 Å². The summed E-state index contributed by atoms with van der Waals surface area (Å²) in [5.41, 5.74) is 8.28. The first kappa shape index (κ1) is 14.3. The normalized spacial score (nSPS) is 12.1. The van der Waals surface area contributed by atoms with Gasteiger partial charge in [-0.2, -0.15) is 0 Å².